The fraction of sp³-hybridized carbons (Fsp3) is 0. The lowest BCUT2D eigenvalue weighted by molar-refractivity contribution is 0.660. The van der Waals surface area contributed by atoms with Crippen LogP contribution in [0.4, 0.5) is 17.1 Å². The summed E-state index contributed by atoms with van der Waals surface area (Å²) in [6.45, 7) is 0. The van der Waals surface area contributed by atoms with Crippen LogP contribution in [0, 0.1) is 0 Å². The molecule has 0 unspecified atom stereocenters. The van der Waals surface area contributed by atoms with Crippen molar-refractivity contribution in [3.8, 4) is 22.5 Å². The highest BCUT2D eigenvalue weighted by atomic mass is 16.3. The Balaban J connectivity index is 0.977. The lowest BCUT2D eigenvalue weighted by Gasteiger charge is -2.26. The van der Waals surface area contributed by atoms with E-state index >= 15 is 0 Å². The SMILES string of the molecule is O=c1c2ccccc2oc2cc(-c3ccc(-n4c5ccccc5c5cc(N(c6ccccc6)c6ccc7c(c6)c6ccccc6n7-c6ccccc6)ccc54)cc3)ccc12. The van der Waals surface area contributed by atoms with E-state index in [-0.39, 0.29) is 5.43 Å². The van der Waals surface area contributed by atoms with Crippen LogP contribution in [-0.2, 0) is 0 Å². The Hall–Kier alpha value is -8.15. The molecule has 0 fully saturated rings. The minimum Gasteiger partial charge on any atom is -0.456 e. The van der Waals surface area contributed by atoms with Crippen LogP contribution in [0.25, 0.3) is 88.1 Å². The van der Waals surface area contributed by atoms with Crippen molar-refractivity contribution >= 4 is 82.6 Å². The first-order chi connectivity index (χ1) is 29.7. The van der Waals surface area contributed by atoms with Gasteiger partial charge in [0.25, 0.3) is 0 Å². The van der Waals surface area contributed by atoms with Crippen molar-refractivity contribution in [2.45, 2.75) is 0 Å². The molecule has 60 heavy (non-hydrogen) atoms. The van der Waals surface area contributed by atoms with E-state index in [4.69, 9.17) is 4.42 Å². The van der Waals surface area contributed by atoms with Crippen LogP contribution in [0.5, 0.6) is 0 Å². The Morgan fingerprint density at radius 3 is 1.45 bits per heavy atom. The lowest BCUT2D eigenvalue weighted by Crippen LogP contribution is -2.09. The van der Waals surface area contributed by atoms with Gasteiger partial charge in [-0.1, -0.05) is 103 Å². The minimum atomic E-state index is -0.0108. The highest BCUT2D eigenvalue weighted by molar-refractivity contribution is 6.12. The van der Waals surface area contributed by atoms with E-state index in [0.29, 0.717) is 21.9 Å². The van der Waals surface area contributed by atoms with E-state index in [1.165, 1.54) is 32.6 Å². The van der Waals surface area contributed by atoms with Crippen LogP contribution < -0.4 is 10.3 Å². The molecule has 0 spiro atoms. The third-order valence-electron chi connectivity index (χ3n) is 11.9. The number of benzene rings is 9. The molecule has 0 aliphatic carbocycles. The van der Waals surface area contributed by atoms with Crippen molar-refractivity contribution in [3.05, 3.63) is 223 Å². The van der Waals surface area contributed by atoms with Gasteiger partial charge in [0.2, 0.25) is 5.43 Å². The average molecular weight is 770 g/mol. The molecule has 3 aromatic heterocycles. The molecule has 0 saturated heterocycles. The summed E-state index contributed by atoms with van der Waals surface area (Å²) in [5.41, 5.74) is 13.3. The quantitative estimate of drug-likeness (QED) is 0.158. The second kappa shape index (κ2) is 13.5. The first-order valence-electron chi connectivity index (χ1n) is 20.2. The molecule has 0 atom stereocenters. The van der Waals surface area contributed by atoms with Crippen molar-refractivity contribution < 1.29 is 4.42 Å². The number of fused-ring (bicyclic) bond motifs is 8. The number of para-hydroxylation sites is 5. The molecule has 12 aromatic rings. The van der Waals surface area contributed by atoms with Crippen molar-refractivity contribution in [2.75, 3.05) is 4.90 Å². The van der Waals surface area contributed by atoms with E-state index in [9.17, 15) is 4.79 Å². The van der Waals surface area contributed by atoms with Gasteiger partial charge in [-0.2, -0.15) is 0 Å². The number of hydrogen-bond acceptors (Lipinski definition) is 3. The van der Waals surface area contributed by atoms with Gasteiger partial charge >= 0.3 is 0 Å². The monoisotopic (exact) mass is 769 g/mol. The molecule has 0 N–H and O–H groups in total. The zero-order chi connectivity index (χ0) is 39.7. The molecule has 12 rings (SSSR count). The summed E-state index contributed by atoms with van der Waals surface area (Å²) in [6, 6.07) is 74.1. The fourth-order valence-corrected chi connectivity index (χ4v) is 9.14. The summed E-state index contributed by atoms with van der Waals surface area (Å²) in [6.07, 6.45) is 0. The van der Waals surface area contributed by atoms with E-state index in [0.717, 1.165) is 50.6 Å². The first-order valence-corrected chi connectivity index (χ1v) is 20.2. The molecular formula is C55H35N3O2. The van der Waals surface area contributed by atoms with Crippen molar-refractivity contribution in [2.24, 2.45) is 0 Å². The molecular weight excluding hydrogens is 735 g/mol. The topological polar surface area (TPSA) is 43.3 Å². The van der Waals surface area contributed by atoms with Gasteiger partial charge in [0.1, 0.15) is 11.2 Å². The van der Waals surface area contributed by atoms with Crippen LogP contribution in [0.3, 0.4) is 0 Å². The second-order valence-corrected chi connectivity index (χ2v) is 15.3. The Labute approximate surface area is 344 Å². The van der Waals surface area contributed by atoms with Gasteiger partial charge in [0.05, 0.1) is 32.8 Å². The normalized spacial score (nSPS) is 11.7. The third kappa shape index (κ3) is 5.30. The Kier molecular flexibility index (Phi) is 7.62. The molecule has 0 radical (unpaired) electrons. The van der Waals surface area contributed by atoms with E-state index in [1.807, 2.05) is 42.5 Å². The molecule has 0 aliphatic heterocycles. The van der Waals surface area contributed by atoms with E-state index in [2.05, 4.69) is 184 Å². The number of rotatable bonds is 6. The number of anilines is 3. The summed E-state index contributed by atoms with van der Waals surface area (Å²) in [7, 11) is 0. The molecule has 0 bridgehead atoms. The van der Waals surface area contributed by atoms with E-state index in [1.54, 1.807) is 0 Å². The van der Waals surface area contributed by atoms with Gasteiger partial charge in [-0.25, -0.2) is 0 Å². The maximum atomic E-state index is 13.2. The van der Waals surface area contributed by atoms with Crippen LogP contribution in [0.15, 0.2) is 222 Å². The van der Waals surface area contributed by atoms with Crippen molar-refractivity contribution in [3.63, 3.8) is 0 Å². The molecule has 0 amide bonds. The summed E-state index contributed by atoms with van der Waals surface area (Å²) in [4.78, 5) is 15.6. The van der Waals surface area contributed by atoms with Crippen LogP contribution in [0.1, 0.15) is 0 Å². The predicted molar refractivity (Wildman–Crippen MR) is 249 cm³/mol. The zero-order valence-electron chi connectivity index (χ0n) is 32.4. The smallest absolute Gasteiger partial charge is 0.200 e. The van der Waals surface area contributed by atoms with Crippen molar-refractivity contribution in [1.29, 1.82) is 0 Å². The fourth-order valence-electron chi connectivity index (χ4n) is 9.14. The van der Waals surface area contributed by atoms with Gasteiger partial charge < -0.3 is 18.5 Å². The zero-order valence-corrected chi connectivity index (χ0v) is 32.4. The number of nitrogens with zero attached hydrogens (tertiary/aromatic N) is 3. The number of aromatic nitrogens is 2. The molecule has 5 nitrogen and oxygen atoms in total. The molecule has 9 aromatic carbocycles. The van der Waals surface area contributed by atoms with Crippen LogP contribution in [-0.4, -0.2) is 9.13 Å². The van der Waals surface area contributed by atoms with Gasteiger partial charge in [-0.3, -0.25) is 4.79 Å². The first kappa shape index (κ1) is 33.9. The maximum Gasteiger partial charge on any atom is 0.200 e. The number of hydrogen-bond donors (Lipinski definition) is 0. The summed E-state index contributed by atoms with van der Waals surface area (Å²) >= 11 is 0. The largest absolute Gasteiger partial charge is 0.456 e. The molecule has 3 heterocycles. The Morgan fingerprint density at radius 2 is 0.817 bits per heavy atom. The average Bonchev–Trinajstić information content (AvgIpc) is 3.82. The van der Waals surface area contributed by atoms with Crippen LogP contribution in [0.2, 0.25) is 0 Å². The molecule has 0 aliphatic rings. The maximum absolute atomic E-state index is 13.2. The predicted octanol–water partition coefficient (Wildman–Crippen LogP) is 14.3. The summed E-state index contributed by atoms with van der Waals surface area (Å²) in [5, 5.41) is 5.96. The van der Waals surface area contributed by atoms with Crippen LogP contribution >= 0.6 is 0 Å². The minimum absolute atomic E-state index is 0.0108. The van der Waals surface area contributed by atoms with Gasteiger partial charge in [-0.05, 0) is 120 Å². The summed E-state index contributed by atoms with van der Waals surface area (Å²) in [5.74, 6) is 0. The molecule has 282 valence electrons. The molecule has 0 saturated carbocycles. The van der Waals surface area contributed by atoms with Gasteiger partial charge in [0, 0.05) is 50.0 Å². The van der Waals surface area contributed by atoms with Gasteiger partial charge in [-0.15, -0.1) is 0 Å². The Morgan fingerprint density at radius 1 is 0.333 bits per heavy atom. The van der Waals surface area contributed by atoms with E-state index < -0.39 is 0 Å². The van der Waals surface area contributed by atoms with Crippen molar-refractivity contribution in [1.82, 2.24) is 9.13 Å². The highest BCUT2D eigenvalue weighted by Gasteiger charge is 2.20. The Bertz CT molecular complexity index is 3680. The standard InChI is InChI=1S/C55H35N3O2/c59-55-45-19-9-12-22-53(45)60-54-33-37(25-30-46(54)55)36-23-26-40(27-24-36)58-50-21-11-8-18-44(50)48-35-42(29-32-52(48)58)56(38-13-3-1-4-14-38)41-28-31-51-47(34-41)43-17-7-10-20-49(43)57(51)39-15-5-2-6-16-39/h1-35H. The third-order valence-corrected chi connectivity index (χ3v) is 11.9. The second-order valence-electron chi connectivity index (χ2n) is 15.3. The summed E-state index contributed by atoms with van der Waals surface area (Å²) < 4.78 is 10.9. The van der Waals surface area contributed by atoms with Gasteiger partial charge in [0.15, 0.2) is 0 Å². The molecule has 5 heteroatoms. The highest BCUT2D eigenvalue weighted by Crippen LogP contribution is 2.42. The lowest BCUT2D eigenvalue weighted by atomic mass is 10.0.